The molecule has 0 radical (unpaired) electrons. The van der Waals surface area contributed by atoms with Crippen LogP contribution in [0.2, 0.25) is 0 Å². The molecule has 0 spiro atoms. The molecule has 0 aliphatic carbocycles. The van der Waals surface area contributed by atoms with Crippen LogP contribution in [0, 0.1) is 12.7 Å². The van der Waals surface area contributed by atoms with Gasteiger partial charge in [-0.1, -0.05) is 6.07 Å². The Morgan fingerprint density at radius 3 is 2.66 bits per heavy atom. The first kappa shape index (κ1) is 24.3. The van der Waals surface area contributed by atoms with Crippen molar-refractivity contribution in [3.63, 3.8) is 0 Å². The van der Waals surface area contributed by atoms with Gasteiger partial charge in [-0.05, 0) is 45.4 Å². The molecule has 1 aliphatic heterocycles. The van der Waals surface area contributed by atoms with Gasteiger partial charge in [0, 0.05) is 32.7 Å². The van der Waals surface area contributed by atoms with Crippen LogP contribution in [0.3, 0.4) is 0 Å². The third-order valence-corrected chi connectivity index (χ3v) is 5.16. The highest BCUT2D eigenvalue weighted by Crippen LogP contribution is 2.17. The Hall–Kier alpha value is -2.33. The van der Waals surface area contributed by atoms with Crippen molar-refractivity contribution in [2.24, 2.45) is 0 Å². The average molecular weight is 449 g/mol. The van der Waals surface area contributed by atoms with E-state index < -0.39 is 17.8 Å². The van der Waals surface area contributed by atoms with Gasteiger partial charge in [-0.25, -0.2) is 9.37 Å². The molecule has 1 aromatic heterocycles. The van der Waals surface area contributed by atoms with Crippen LogP contribution in [0.1, 0.15) is 42.7 Å². The van der Waals surface area contributed by atoms with Crippen LogP contribution in [-0.2, 0) is 11.3 Å². The molecule has 1 saturated heterocycles. The van der Waals surface area contributed by atoms with Crippen LogP contribution in [0.15, 0.2) is 28.9 Å². The van der Waals surface area contributed by atoms with E-state index in [0.717, 1.165) is 31.7 Å². The molecule has 1 atom stereocenters. The quantitative estimate of drug-likeness (QED) is 0.642. The summed E-state index contributed by atoms with van der Waals surface area (Å²) in [4.78, 5) is 21.0. The standard InChI is InChI=1S/C23H33FN4O4/c1-16-5-6-18(24)19(11-16)26-22(30)20-15-31-21(25-20)13-28-9-7-27(8-10-28)12-17(29)14-32-23(2,3)4/h5-6,11,15,17,29H,7-10,12-14H2,1-4H3,(H,26,30)/t17-/m1/s1. The molecule has 1 fully saturated rings. The number of β-amino-alcohol motifs (C(OH)–C–C–N with tert-alkyl or cyclic N) is 1. The van der Waals surface area contributed by atoms with Crippen molar-refractivity contribution < 1.29 is 23.4 Å². The fraction of sp³-hybridized carbons (Fsp3) is 0.565. The van der Waals surface area contributed by atoms with E-state index in [9.17, 15) is 14.3 Å². The smallest absolute Gasteiger partial charge is 0.277 e. The lowest BCUT2D eigenvalue weighted by molar-refractivity contribution is -0.0588. The summed E-state index contributed by atoms with van der Waals surface area (Å²) in [7, 11) is 0. The monoisotopic (exact) mass is 448 g/mol. The van der Waals surface area contributed by atoms with E-state index in [2.05, 4.69) is 20.1 Å². The summed E-state index contributed by atoms with van der Waals surface area (Å²) in [5, 5.41) is 12.7. The van der Waals surface area contributed by atoms with Gasteiger partial charge < -0.3 is 19.6 Å². The lowest BCUT2D eigenvalue weighted by Gasteiger charge is -2.35. The number of rotatable bonds is 8. The van der Waals surface area contributed by atoms with Crippen LogP contribution in [0.4, 0.5) is 10.1 Å². The number of ether oxygens (including phenoxy) is 1. The average Bonchev–Trinajstić information content (AvgIpc) is 3.19. The fourth-order valence-corrected chi connectivity index (χ4v) is 3.43. The summed E-state index contributed by atoms with van der Waals surface area (Å²) in [6.07, 6.45) is 0.770. The Morgan fingerprint density at radius 1 is 1.28 bits per heavy atom. The van der Waals surface area contributed by atoms with Crippen LogP contribution in [0.5, 0.6) is 0 Å². The first-order chi connectivity index (χ1) is 15.1. The third-order valence-electron chi connectivity index (χ3n) is 5.16. The third kappa shape index (κ3) is 7.37. The number of aromatic nitrogens is 1. The summed E-state index contributed by atoms with van der Waals surface area (Å²) in [6, 6.07) is 4.52. The Bertz CT molecular complexity index is 904. The van der Waals surface area contributed by atoms with Crippen molar-refractivity contribution in [1.82, 2.24) is 14.8 Å². The molecule has 0 bridgehead atoms. The van der Waals surface area contributed by atoms with Gasteiger partial charge in [-0.2, -0.15) is 0 Å². The van der Waals surface area contributed by atoms with E-state index in [0.29, 0.717) is 25.6 Å². The number of carbonyl (C=O) groups is 1. The van der Waals surface area contributed by atoms with Crippen molar-refractivity contribution in [3.8, 4) is 0 Å². The minimum atomic E-state index is -0.521. The molecule has 0 unspecified atom stereocenters. The Balaban J connectivity index is 1.44. The Kier molecular flexibility index (Phi) is 8.00. The summed E-state index contributed by atoms with van der Waals surface area (Å²) in [5.74, 6) is -0.576. The van der Waals surface area contributed by atoms with E-state index in [1.807, 2.05) is 27.7 Å². The topological polar surface area (TPSA) is 91.1 Å². The molecule has 32 heavy (non-hydrogen) atoms. The van der Waals surface area contributed by atoms with Crippen molar-refractivity contribution in [3.05, 3.63) is 47.4 Å². The van der Waals surface area contributed by atoms with Gasteiger partial charge in [0.25, 0.3) is 5.91 Å². The van der Waals surface area contributed by atoms with Crippen LogP contribution >= 0.6 is 0 Å². The number of nitrogens with zero attached hydrogens (tertiary/aromatic N) is 3. The predicted molar refractivity (Wildman–Crippen MR) is 119 cm³/mol. The summed E-state index contributed by atoms with van der Waals surface area (Å²) in [6.45, 7) is 12.3. The minimum absolute atomic E-state index is 0.113. The van der Waals surface area contributed by atoms with E-state index in [1.54, 1.807) is 12.1 Å². The number of benzene rings is 1. The zero-order valence-corrected chi connectivity index (χ0v) is 19.2. The molecule has 3 rings (SSSR count). The molecule has 176 valence electrons. The minimum Gasteiger partial charge on any atom is -0.447 e. The fourth-order valence-electron chi connectivity index (χ4n) is 3.43. The van der Waals surface area contributed by atoms with Crippen LogP contribution in [-0.4, -0.2) is 76.8 Å². The second-order valence-electron chi connectivity index (χ2n) is 9.22. The number of carbonyl (C=O) groups excluding carboxylic acids is 1. The first-order valence-corrected chi connectivity index (χ1v) is 10.9. The van der Waals surface area contributed by atoms with E-state index in [4.69, 9.17) is 9.15 Å². The molecule has 0 saturated carbocycles. The number of piperazine rings is 1. The number of aryl methyl sites for hydroxylation is 1. The highest BCUT2D eigenvalue weighted by atomic mass is 19.1. The van der Waals surface area contributed by atoms with Crippen LogP contribution in [0.25, 0.3) is 0 Å². The van der Waals surface area contributed by atoms with Crippen molar-refractivity contribution in [2.75, 3.05) is 44.6 Å². The molecule has 1 aliphatic rings. The lowest BCUT2D eigenvalue weighted by atomic mass is 10.2. The van der Waals surface area contributed by atoms with Gasteiger partial charge in [0.05, 0.1) is 30.5 Å². The molecular formula is C23H33FN4O4. The van der Waals surface area contributed by atoms with E-state index in [1.165, 1.54) is 12.3 Å². The number of nitrogens with one attached hydrogen (secondary N) is 1. The van der Waals surface area contributed by atoms with E-state index >= 15 is 0 Å². The first-order valence-electron chi connectivity index (χ1n) is 10.9. The highest BCUT2D eigenvalue weighted by molar-refractivity contribution is 6.02. The van der Waals surface area contributed by atoms with Crippen molar-refractivity contribution >= 4 is 11.6 Å². The summed E-state index contributed by atoms with van der Waals surface area (Å²) >= 11 is 0. The predicted octanol–water partition coefficient (Wildman–Crippen LogP) is 2.67. The molecule has 1 amide bonds. The molecule has 9 heteroatoms. The number of hydrogen-bond donors (Lipinski definition) is 2. The number of anilines is 1. The number of amides is 1. The molecule has 1 aromatic carbocycles. The van der Waals surface area contributed by atoms with Gasteiger partial charge in [-0.3, -0.25) is 14.6 Å². The molecular weight excluding hydrogens is 415 g/mol. The zero-order chi connectivity index (χ0) is 23.3. The van der Waals surface area contributed by atoms with Gasteiger partial charge >= 0.3 is 0 Å². The lowest BCUT2D eigenvalue weighted by Crippen LogP contribution is -2.49. The number of halogens is 1. The molecule has 8 nitrogen and oxygen atoms in total. The number of aliphatic hydroxyl groups is 1. The van der Waals surface area contributed by atoms with Gasteiger partial charge in [0.1, 0.15) is 12.1 Å². The van der Waals surface area contributed by atoms with Gasteiger partial charge in [0.15, 0.2) is 5.69 Å². The normalized spacial score (nSPS) is 16.8. The maximum atomic E-state index is 13.9. The van der Waals surface area contributed by atoms with Crippen molar-refractivity contribution in [1.29, 1.82) is 0 Å². The largest absolute Gasteiger partial charge is 0.447 e. The molecule has 2 N–H and O–H groups in total. The maximum absolute atomic E-state index is 13.9. The number of hydrogen-bond acceptors (Lipinski definition) is 7. The molecule has 2 heterocycles. The number of aliphatic hydroxyl groups excluding tert-OH is 1. The summed E-state index contributed by atoms with van der Waals surface area (Å²) < 4.78 is 25.0. The Morgan fingerprint density at radius 2 is 1.97 bits per heavy atom. The summed E-state index contributed by atoms with van der Waals surface area (Å²) in [5.41, 5.74) is 0.808. The maximum Gasteiger partial charge on any atom is 0.277 e. The van der Waals surface area contributed by atoms with Gasteiger partial charge in [0.2, 0.25) is 5.89 Å². The second kappa shape index (κ2) is 10.5. The SMILES string of the molecule is Cc1ccc(F)c(NC(=O)c2coc(CN3CCN(C[C@@H](O)COC(C)(C)C)CC3)n2)c1. The number of oxazole rings is 1. The van der Waals surface area contributed by atoms with Crippen LogP contribution < -0.4 is 5.32 Å². The highest BCUT2D eigenvalue weighted by Gasteiger charge is 2.22. The Labute approximate surface area is 188 Å². The zero-order valence-electron chi connectivity index (χ0n) is 19.2. The second-order valence-corrected chi connectivity index (χ2v) is 9.22. The van der Waals surface area contributed by atoms with E-state index in [-0.39, 0.29) is 17.0 Å². The van der Waals surface area contributed by atoms with Gasteiger partial charge in [-0.15, -0.1) is 0 Å². The molecule has 2 aromatic rings. The van der Waals surface area contributed by atoms with Crippen molar-refractivity contribution in [2.45, 2.75) is 45.9 Å².